The van der Waals surface area contributed by atoms with Gasteiger partial charge >= 0.3 is 0 Å². The van der Waals surface area contributed by atoms with Crippen molar-refractivity contribution >= 4 is 72.8 Å². The van der Waals surface area contributed by atoms with E-state index in [0.717, 1.165) is 49.0 Å². The van der Waals surface area contributed by atoms with Gasteiger partial charge in [0.05, 0.1) is 34.7 Å². The fourth-order valence-corrected chi connectivity index (χ4v) is 5.45. The number of halogens is 2. The third-order valence-corrected chi connectivity index (χ3v) is 8.02. The zero-order chi connectivity index (χ0) is 31.9. The van der Waals surface area contributed by atoms with E-state index in [2.05, 4.69) is 36.5 Å². The molecule has 46 heavy (non-hydrogen) atoms. The number of aromatic nitrogens is 4. The van der Waals surface area contributed by atoms with Gasteiger partial charge in [0, 0.05) is 26.4 Å². The number of imidazole rings is 2. The van der Waals surface area contributed by atoms with Gasteiger partial charge in [-0.05, 0) is 72.3 Å². The molecule has 7 rings (SSSR count). The molecule has 2 heterocycles. The summed E-state index contributed by atoms with van der Waals surface area (Å²) in [4.78, 5) is 33.0. The minimum Gasteiger partial charge on any atom is -0.325 e. The van der Waals surface area contributed by atoms with Crippen LogP contribution >= 0.6 is 27.5 Å². The molecule has 0 fully saturated rings. The number of hydrogen-bond donors (Lipinski definition) is 2. The molecule has 0 atom stereocenters. The number of benzene rings is 5. The van der Waals surface area contributed by atoms with Crippen molar-refractivity contribution in [3.8, 4) is 11.1 Å². The zero-order valence-electron chi connectivity index (χ0n) is 24.5. The first kappa shape index (κ1) is 30.8. The molecule has 0 spiro atoms. The van der Waals surface area contributed by atoms with Crippen LogP contribution in [0, 0.1) is 0 Å². The lowest BCUT2D eigenvalue weighted by atomic mass is 10.1. The number of fused-ring (bicyclic) bond motifs is 2. The number of carbonyl (C=O) groups excluding carboxylic acids is 2. The van der Waals surface area contributed by atoms with Crippen molar-refractivity contribution in [3.63, 3.8) is 0 Å². The SMILES string of the molecule is O=C(Cn1cnc2ccccc21)Nc1ccc(-c2ccccc2Cl)cc1.O=C(Cn1cnc2ccccc21)Nc1ccc(Br)cc1. The van der Waals surface area contributed by atoms with Crippen molar-refractivity contribution in [1.29, 1.82) is 0 Å². The first-order valence-electron chi connectivity index (χ1n) is 14.4. The van der Waals surface area contributed by atoms with Gasteiger partial charge in [0.1, 0.15) is 13.1 Å². The van der Waals surface area contributed by atoms with Crippen LogP contribution in [0.3, 0.4) is 0 Å². The van der Waals surface area contributed by atoms with Crippen molar-refractivity contribution in [3.05, 3.63) is 143 Å². The molecule has 0 aliphatic rings. The van der Waals surface area contributed by atoms with Crippen LogP contribution in [0.25, 0.3) is 33.2 Å². The summed E-state index contributed by atoms with van der Waals surface area (Å²) >= 11 is 9.59. The smallest absolute Gasteiger partial charge is 0.244 e. The van der Waals surface area contributed by atoms with Crippen molar-refractivity contribution in [2.45, 2.75) is 13.1 Å². The predicted molar refractivity (Wildman–Crippen MR) is 188 cm³/mol. The molecule has 2 N–H and O–H groups in total. The molecule has 0 aliphatic heterocycles. The fourth-order valence-electron chi connectivity index (χ4n) is 4.94. The summed E-state index contributed by atoms with van der Waals surface area (Å²) in [5.41, 5.74) is 7.17. The number of amides is 2. The number of carbonyl (C=O) groups is 2. The second-order valence-corrected chi connectivity index (χ2v) is 11.7. The first-order chi connectivity index (χ1) is 22.4. The first-order valence-corrected chi connectivity index (χ1v) is 15.6. The number of hydrogen-bond acceptors (Lipinski definition) is 4. The Morgan fingerprint density at radius 2 is 1.07 bits per heavy atom. The van der Waals surface area contributed by atoms with Gasteiger partial charge in [-0.3, -0.25) is 9.59 Å². The summed E-state index contributed by atoms with van der Waals surface area (Å²) in [5, 5.41) is 6.49. The Kier molecular flexibility index (Phi) is 9.52. The molecule has 0 radical (unpaired) electrons. The van der Waals surface area contributed by atoms with Crippen LogP contribution in [0.5, 0.6) is 0 Å². The lowest BCUT2D eigenvalue weighted by Crippen LogP contribution is -2.18. The molecule has 10 heteroatoms. The number of rotatable bonds is 7. The van der Waals surface area contributed by atoms with Crippen LogP contribution in [0.1, 0.15) is 0 Å². The molecule has 0 unspecified atom stereocenters. The van der Waals surface area contributed by atoms with Crippen LogP contribution < -0.4 is 10.6 Å². The summed E-state index contributed by atoms with van der Waals surface area (Å²) in [5.74, 6) is -0.172. The Bertz CT molecular complexity index is 2120. The third-order valence-electron chi connectivity index (χ3n) is 7.16. The van der Waals surface area contributed by atoms with E-state index in [-0.39, 0.29) is 24.9 Å². The molecule has 2 aromatic heterocycles. The summed E-state index contributed by atoms with van der Waals surface area (Å²) < 4.78 is 4.66. The van der Waals surface area contributed by atoms with E-state index < -0.39 is 0 Å². The second kappa shape index (κ2) is 14.2. The molecule has 0 saturated heterocycles. The van der Waals surface area contributed by atoms with Gasteiger partial charge in [-0.25, -0.2) is 9.97 Å². The predicted octanol–water partition coefficient (Wildman–Crippen LogP) is 8.43. The van der Waals surface area contributed by atoms with E-state index in [4.69, 9.17) is 11.6 Å². The van der Waals surface area contributed by atoms with Crippen LogP contribution in [0.2, 0.25) is 5.02 Å². The highest BCUT2D eigenvalue weighted by atomic mass is 79.9. The standard InChI is InChI=1S/C21H16ClN3O.C15H12BrN3O/c22-18-6-2-1-5-17(18)15-9-11-16(12-10-15)24-21(26)13-25-14-23-19-7-3-4-8-20(19)25;16-11-5-7-12(8-6-11)18-15(20)9-19-10-17-13-3-1-2-4-14(13)19/h1-12,14H,13H2,(H,24,26);1-8,10H,9H2,(H,18,20). The Hall–Kier alpha value is -5.25. The molecule has 0 aliphatic carbocycles. The maximum absolute atomic E-state index is 12.4. The zero-order valence-corrected chi connectivity index (χ0v) is 26.8. The Labute approximate surface area is 278 Å². The third kappa shape index (κ3) is 7.51. The second-order valence-electron chi connectivity index (χ2n) is 10.4. The summed E-state index contributed by atoms with van der Waals surface area (Å²) in [6.45, 7) is 0.462. The summed E-state index contributed by atoms with van der Waals surface area (Å²) in [7, 11) is 0. The molecule has 8 nitrogen and oxygen atoms in total. The van der Waals surface area contributed by atoms with Crippen LogP contribution in [0.4, 0.5) is 11.4 Å². The van der Waals surface area contributed by atoms with Crippen molar-refractivity contribution in [1.82, 2.24) is 19.1 Å². The summed E-state index contributed by atoms with van der Waals surface area (Å²) in [6, 6.07) is 38.3. The number of nitrogens with zero attached hydrogens (tertiary/aromatic N) is 4. The largest absolute Gasteiger partial charge is 0.325 e. The number of nitrogens with one attached hydrogen (secondary N) is 2. The van der Waals surface area contributed by atoms with Gasteiger partial charge in [-0.2, -0.15) is 0 Å². The highest BCUT2D eigenvalue weighted by Crippen LogP contribution is 2.28. The van der Waals surface area contributed by atoms with Gasteiger partial charge in [0.2, 0.25) is 11.8 Å². The number of para-hydroxylation sites is 4. The van der Waals surface area contributed by atoms with Gasteiger partial charge in [0.25, 0.3) is 0 Å². The molecule has 5 aromatic carbocycles. The molecule has 228 valence electrons. The van der Waals surface area contributed by atoms with Crippen LogP contribution in [-0.4, -0.2) is 30.9 Å². The highest BCUT2D eigenvalue weighted by molar-refractivity contribution is 9.10. The van der Waals surface area contributed by atoms with E-state index in [9.17, 15) is 9.59 Å². The van der Waals surface area contributed by atoms with E-state index in [1.165, 1.54) is 0 Å². The van der Waals surface area contributed by atoms with E-state index in [1.807, 2.05) is 130 Å². The topological polar surface area (TPSA) is 93.8 Å². The molecule has 0 bridgehead atoms. The Morgan fingerprint density at radius 1 is 0.609 bits per heavy atom. The molecule has 7 aromatic rings. The van der Waals surface area contributed by atoms with Crippen LogP contribution in [0.15, 0.2) is 138 Å². The van der Waals surface area contributed by atoms with Crippen LogP contribution in [-0.2, 0) is 22.7 Å². The Balaban J connectivity index is 0.000000167. The van der Waals surface area contributed by atoms with Crippen molar-refractivity contribution < 1.29 is 9.59 Å². The maximum Gasteiger partial charge on any atom is 0.244 e. The lowest BCUT2D eigenvalue weighted by Gasteiger charge is -2.09. The summed E-state index contributed by atoms with van der Waals surface area (Å²) in [6.07, 6.45) is 3.37. The van der Waals surface area contributed by atoms with Gasteiger partial charge < -0.3 is 19.8 Å². The maximum atomic E-state index is 12.4. The van der Waals surface area contributed by atoms with Crippen molar-refractivity contribution in [2.75, 3.05) is 10.6 Å². The van der Waals surface area contributed by atoms with E-state index in [1.54, 1.807) is 12.7 Å². The molecule has 0 saturated carbocycles. The van der Waals surface area contributed by atoms with Gasteiger partial charge in [0.15, 0.2) is 0 Å². The molecular weight excluding hydrogens is 664 g/mol. The normalized spacial score (nSPS) is 10.7. The molecule has 2 amide bonds. The average Bonchev–Trinajstić information content (AvgIpc) is 3.67. The van der Waals surface area contributed by atoms with Gasteiger partial charge in [-0.15, -0.1) is 0 Å². The average molecular weight is 692 g/mol. The van der Waals surface area contributed by atoms with Gasteiger partial charge in [-0.1, -0.05) is 82.1 Å². The minimum atomic E-state index is -0.0985. The highest BCUT2D eigenvalue weighted by Gasteiger charge is 2.09. The lowest BCUT2D eigenvalue weighted by molar-refractivity contribution is -0.117. The number of anilines is 2. The van der Waals surface area contributed by atoms with E-state index >= 15 is 0 Å². The monoisotopic (exact) mass is 690 g/mol. The van der Waals surface area contributed by atoms with Crippen molar-refractivity contribution in [2.24, 2.45) is 0 Å². The fraction of sp³-hybridized carbons (Fsp3) is 0.0556. The van der Waals surface area contributed by atoms with E-state index in [0.29, 0.717) is 5.02 Å². The minimum absolute atomic E-state index is 0.0736. The quantitative estimate of drug-likeness (QED) is 0.176. The molecular formula is C36H28BrClN6O2. The Morgan fingerprint density at radius 3 is 1.59 bits per heavy atom.